The molecule has 2 nitrogen and oxygen atoms in total. The first kappa shape index (κ1) is 29.0. The van der Waals surface area contributed by atoms with Crippen LogP contribution in [0.1, 0.15) is 67.3 Å². The van der Waals surface area contributed by atoms with E-state index >= 15 is 0 Å². The Hall–Kier alpha value is -4.13. The summed E-state index contributed by atoms with van der Waals surface area (Å²) < 4.78 is 0. The minimum Gasteiger partial charge on any atom is -0.257 e. The Morgan fingerprint density at radius 2 is 0.535 bits per heavy atom. The summed E-state index contributed by atoms with van der Waals surface area (Å²) in [5.41, 5.74) is 14.1. The fraction of sp³-hybridized carbons (Fsp3) is 0.150. The summed E-state index contributed by atoms with van der Waals surface area (Å²) in [6, 6.07) is 52.2. The molecule has 0 saturated heterocycles. The fourth-order valence-electron chi connectivity index (χ4n) is 5.75. The van der Waals surface area contributed by atoms with E-state index in [0.717, 1.165) is 61.3 Å². The van der Waals surface area contributed by atoms with Crippen LogP contribution in [-0.4, -0.2) is 9.97 Å². The van der Waals surface area contributed by atoms with Crippen LogP contribution in [0.2, 0.25) is 0 Å². The number of fused-ring (bicyclic) bond motifs is 12. The van der Waals surface area contributed by atoms with Gasteiger partial charge in [-0.1, -0.05) is 12.1 Å². The van der Waals surface area contributed by atoms with Gasteiger partial charge < -0.3 is 0 Å². The first-order valence-corrected chi connectivity index (χ1v) is 14.6. The molecule has 0 radical (unpaired) electrons. The quantitative estimate of drug-likeness (QED) is 0.151. The van der Waals surface area contributed by atoms with Crippen molar-refractivity contribution in [1.82, 2.24) is 9.97 Å². The molecule has 8 rings (SSSR count). The molecule has 6 aromatic rings. The average Bonchev–Trinajstić information content (AvgIpc) is 2.98. The van der Waals surface area contributed by atoms with Crippen molar-refractivity contribution in [3.8, 4) is 0 Å². The molecule has 0 spiro atoms. The topological polar surface area (TPSA) is 25.8 Å². The molecule has 0 N–H and O–H groups in total. The molecule has 3 heteroatoms. The van der Waals surface area contributed by atoms with E-state index in [1.54, 1.807) is 0 Å². The number of benzene rings is 4. The zero-order valence-electron chi connectivity index (χ0n) is 23.8. The van der Waals surface area contributed by atoms with E-state index in [-0.39, 0.29) is 21.1 Å². The number of rotatable bonds is 0. The normalized spacial score (nSPS) is 12.8. The smallest absolute Gasteiger partial charge is 0.257 e. The van der Waals surface area contributed by atoms with Crippen molar-refractivity contribution in [2.24, 2.45) is 0 Å². The molecule has 12 bridgehead atoms. The molecule has 4 aromatic carbocycles. The van der Waals surface area contributed by atoms with Gasteiger partial charge in [-0.25, -0.2) is 0 Å². The van der Waals surface area contributed by atoms with Gasteiger partial charge in [0.05, 0.1) is 0 Å². The summed E-state index contributed by atoms with van der Waals surface area (Å²) in [7, 11) is 0. The number of aromatic nitrogens is 2. The van der Waals surface area contributed by atoms with E-state index in [9.17, 15) is 0 Å². The predicted molar refractivity (Wildman–Crippen MR) is 166 cm³/mol. The molecule has 2 aromatic heterocycles. The maximum atomic E-state index is 4.75. The third kappa shape index (κ3) is 7.64. The van der Waals surface area contributed by atoms with Crippen molar-refractivity contribution in [2.45, 2.75) is 38.5 Å². The molecule has 2 aliphatic rings. The SMILES string of the molecule is [Pt+4].[c-]1c2cccc1Cc1[c-]c(ccc1)Cc1[c-]c(ccc1)C2.[c-]1c2cccc1Cc1cccc(n1)Cc1cccc(n1)C2. The molecule has 0 unspecified atom stereocenters. The van der Waals surface area contributed by atoms with Crippen molar-refractivity contribution in [3.63, 3.8) is 0 Å². The van der Waals surface area contributed by atoms with Crippen LogP contribution in [0, 0.1) is 24.3 Å². The average molecular weight is 734 g/mol. The first-order chi connectivity index (χ1) is 20.7. The summed E-state index contributed by atoms with van der Waals surface area (Å²) in [5, 5.41) is 0. The van der Waals surface area contributed by atoms with Crippen LogP contribution in [0.5, 0.6) is 0 Å². The van der Waals surface area contributed by atoms with Crippen LogP contribution in [0.3, 0.4) is 0 Å². The number of hydrogen-bond donors (Lipinski definition) is 0. The Morgan fingerprint density at radius 1 is 0.302 bits per heavy atom. The second kappa shape index (κ2) is 13.4. The summed E-state index contributed by atoms with van der Waals surface area (Å²) in [5.74, 6) is 0. The van der Waals surface area contributed by atoms with Crippen molar-refractivity contribution in [1.29, 1.82) is 0 Å². The monoisotopic (exact) mass is 733 g/mol. The molecule has 0 saturated carbocycles. The molecule has 3 heterocycles. The van der Waals surface area contributed by atoms with Gasteiger partial charge >= 0.3 is 21.1 Å². The van der Waals surface area contributed by atoms with Gasteiger partial charge in [-0.15, -0.1) is 0 Å². The van der Waals surface area contributed by atoms with Gasteiger partial charge in [0.1, 0.15) is 0 Å². The van der Waals surface area contributed by atoms with Gasteiger partial charge in [-0.05, 0) is 56.4 Å². The number of nitrogens with zero attached hydrogens (tertiary/aromatic N) is 2. The number of pyridine rings is 2. The standard InChI is InChI=1S/C21H15.C19H15N2.Pt/c1-4-16-10-17(5-1)14-19-7-3-9-21(12-19)15-20-8-2-6-18(11-20)13-16;1-4-14-10-15(5-1)12-17-7-3-9-19(21-17)13-18-8-2-6-16(11-14)20-18;/h1-9H,13-15H2;1-9H,11-13H2;/q-3;-1;+4. The predicted octanol–water partition coefficient (Wildman–Crippen LogP) is 7.53. The van der Waals surface area contributed by atoms with Crippen molar-refractivity contribution in [3.05, 3.63) is 201 Å². The Kier molecular flexibility index (Phi) is 9.06. The van der Waals surface area contributed by atoms with E-state index in [4.69, 9.17) is 9.97 Å². The maximum absolute atomic E-state index is 4.75. The summed E-state index contributed by atoms with van der Waals surface area (Å²) in [6.07, 6.45) is 5.17. The van der Waals surface area contributed by atoms with Gasteiger partial charge in [0.15, 0.2) is 0 Å². The van der Waals surface area contributed by atoms with Gasteiger partial charge in [0.2, 0.25) is 0 Å². The van der Waals surface area contributed by atoms with Gasteiger partial charge in [0.25, 0.3) is 0 Å². The third-order valence-corrected chi connectivity index (χ3v) is 7.64. The largest absolute Gasteiger partial charge is 4.00 e. The van der Waals surface area contributed by atoms with Crippen molar-refractivity contribution in [2.75, 3.05) is 0 Å². The first-order valence-electron chi connectivity index (χ1n) is 14.6. The zero-order valence-corrected chi connectivity index (χ0v) is 26.1. The minimum absolute atomic E-state index is 0. The molecule has 43 heavy (non-hydrogen) atoms. The third-order valence-electron chi connectivity index (χ3n) is 7.64. The van der Waals surface area contributed by atoms with Gasteiger partial charge in [-0.2, -0.15) is 142 Å². The Morgan fingerprint density at radius 3 is 0.837 bits per heavy atom. The van der Waals surface area contributed by atoms with Crippen LogP contribution in [-0.2, 0) is 59.6 Å². The Balaban J connectivity index is 0.000000150. The molecule has 0 atom stereocenters. The van der Waals surface area contributed by atoms with E-state index < -0.39 is 0 Å². The molecule has 0 fully saturated rings. The fourth-order valence-corrected chi connectivity index (χ4v) is 5.75. The number of hydrogen-bond acceptors (Lipinski definition) is 2. The molecule has 1 aliphatic carbocycles. The Labute approximate surface area is 269 Å². The van der Waals surface area contributed by atoms with E-state index in [1.165, 1.54) is 44.5 Å². The second-order valence-corrected chi connectivity index (χ2v) is 11.1. The summed E-state index contributed by atoms with van der Waals surface area (Å²) in [6.45, 7) is 0. The molecular weight excluding hydrogens is 704 g/mol. The maximum Gasteiger partial charge on any atom is 4.00 e. The molecule has 0 amide bonds. The van der Waals surface area contributed by atoms with Crippen LogP contribution < -0.4 is 0 Å². The van der Waals surface area contributed by atoms with Crippen LogP contribution in [0.25, 0.3) is 0 Å². The zero-order chi connectivity index (χ0) is 28.1. The molecular formula is C40H30N2Pt. The van der Waals surface area contributed by atoms with Crippen LogP contribution in [0.15, 0.2) is 109 Å². The molecule has 1 aliphatic heterocycles. The van der Waals surface area contributed by atoms with E-state index in [0.29, 0.717) is 0 Å². The van der Waals surface area contributed by atoms with Crippen LogP contribution in [0.4, 0.5) is 0 Å². The summed E-state index contributed by atoms with van der Waals surface area (Å²) >= 11 is 0. The second-order valence-electron chi connectivity index (χ2n) is 11.1. The van der Waals surface area contributed by atoms with Crippen molar-refractivity contribution < 1.29 is 21.1 Å². The Bertz CT molecular complexity index is 1400. The minimum atomic E-state index is 0. The van der Waals surface area contributed by atoms with E-state index in [2.05, 4.69) is 133 Å². The van der Waals surface area contributed by atoms with Gasteiger partial charge in [0, 0.05) is 29.2 Å². The van der Waals surface area contributed by atoms with Gasteiger partial charge in [-0.3, -0.25) is 9.97 Å². The molecule has 210 valence electrons. The van der Waals surface area contributed by atoms with E-state index in [1.807, 2.05) is 0 Å². The van der Waals surface area contributed by atoms with Crippen LogP contribution >= 0.6 is 0 Å². The summed E-state index contributed by atoms with van der Waals surface area (Å²) in [4.78, 5) is 9.50. The van der Waals surface area contributed by atoms with Crippen molar-refractivity contribution >= 4 is 0 Å².